The summed E-state index contributed by atoms with van der Waals surface area (Å²) in [4.78, 5) is 0. The zero-order valence-corrected chi connectivity index (χ0v) is 12.5. The maximum atomic E-state index is 14.1. The topological polar surface area (TPSA) is 25.2 Å². The fourth-order valence-corrected chi connectivity index (χ4v) is 3.36. The first kappa shape index (κ1) is 14.3. The molecule has 1 atom stereocenters. The number of aromatic nitrogens is 1. The maximum absolute atomic E-state index is 14.1. The van der Waals surface area contributed by atoms with Gasteiger partial charge in [-0.2, -0.15) is 0 Å². The Balaban J connectivity index is 2.26. The van der Waals surface area contributed by atoms with Crippen LogP contribution in [0.5, 0.6) is 0 Å². The fraction of sp³-hybridized carbons (Fsp3) is 0.412. The third kappa shape index (κ3) is 2.27. The molecular formula is C17H19F2NO. The molecule has 1 aromatic heterocycles. The first-order valence-corrected chi connectivity index (χ1v) is 7.14. The highest BCUT2D eigenvalue weighted by Crippen LogP contribution is 2.43. The van der Waals surface area contributed by atoms with Crippen LogP contribution in [0.25, 0.3) is 5.69 Å². The quantitative estimate of drug-likeness (QED) is 0.842. The number of rotatable bonds is 1. The van der Waals surface area contributed by atoms with E-state index in [1.165, 1.54) is 18.2 Å². The van der Waals surface area contributed by atoms with Crippen molar-refractivity contribution in [2.45, 2.75) is 39.7 Å². The number of halogens is 2. The summed E-state index contributed by atoms with van der Waals surface area (Å²) in [6, 6.07) is 5.71. The average Bonchev–Trinajstić information content (AvgIpc) is 2.66. The summed E-state index contributed by atoms with van der Waals surface area (Å²) >= 11 is 0. The van der Waals surface area contributed by atoms with E-state index in [0.717, 1.165) is 17.0 Å². The molecule has 1 aliphatic rings. The number of fused-ring (bicyclic) bond motifs is 1. The van der Waals surface area contributed by atoms with E-state index >= 15 is 0 Å². The van der Waals surface area contributed by atoms with Crippen molar-refractivity contribution in [3.05, 3.63) is 52.9 Å². The number of aliphatic hydroxyl groups is 1. The predicted molar refractivity (Wildman–Crippen MR) is 77.5 cm³/mol. The van der Waals surface area contributed by atoms with Crippen LogP contribution in [0.15, 0.2) is 24.3 Å². The van der Waals surface area contributed by atoms with Crippen LogP contribution >= 0.6 is 0 Å². The van der Waals surface area contributed by atoms with Crippen molar-refractivity contribution in [2.24, 2.45) is 5.41 Å². The van der Waals surface area contributed by atoms with Crippen LogP contribution in [-0.4, -0.2) is 9.67 Å². The van der Waals surface area contributed by atoms with Crippen molar-refractivity contribution in [1.29, 1.82) is 0 Å². The molecule has 21 heavy (non-hydrogen) atoms. The summed E-state index contributed by atoms with van der Waals surface area (Å²) in [5.41, 5.74) is 2.17. The van der Waals surface area contributed by atoms with Gasteiger partial charge in [-0.3, -0.25) is 0 Å². The molecule has 4 heteroatoms. The number of nitrogens with zero attached hydrogens (tertiary/aromatic N) is 1. The predicted octanol–water partition coefficient (Wildman–Crippen LogP) is 4.07. The Morgan fingerprint density at radius 3 is 2.48 bits per heavy atom. The molecule has 1 aliphatic carbocycles. The molecule has 0 bridgehead atoms. The van der Waals surface area contributed by atoms with Gasteiger partial charge in [-0.15, -0.1) is 0 Å². The normalized spacial score (nSPS) is 20.4. The van der Waals surface area contributed by atoms with E-state index in [-0.39, 0.29) is 11.1 Å². The van der Waals surface area contributed by atoms with Gasteiger partial charge in [0.2, 0.25) is 0 Å². The summed E-state index contributed by atoms with van der Waals surface area (Å²) in [5.74, 6) is -1.18. The number of hydrogen-bond donors (Lipinski definition) is 1. The number of benzene rings is 1. The Labute approximate surface area is 123 Å². The Morgan fingerprint density at radius 1 is 1.24 bits per heavy atom. The van der Waals surface area contributed by atoms with Crippen molar-refractivity contribution in [1.82, 2.24) is 4.57 Å². The van der Waals surface area contributed by atoms with Crippen molar-refractivity contribution in [3.63, 3.8) is 0 Å². The van der Waals surface area contributed by atoms with E-state index < -0.39 is 17.7 Å². The second-order valence-electron chi connectivity index (χ2n) is 6.65. The largest absolute Gasteiger partial charge is 0.388 e. The highest BCUT2D eigenvalue weighted by Gasteiger charge is 2.35. The number of hydrogen-bond acceptors (Lipinski definition) is 1. The van der Waals surface area contributed by atoms with Crippen LogP contribution in [0.1, 0.15) is 43.3 Å². The second-order valence-corrected chi connectivity index (χ2v) is 6.65. The van der Waals surface area contributed by atoms with E-state index in [4.69, 9.17) is 0 Å². The maximum Gasteiger partial charge on any atom is 0.150 e. The second kappa shape index (κ2) is 4.67. The van der Waals surface area contributed by atoms with Crippen LogP contribution in [-0.2, 0) is 6.42 Å². The van der Waals surface area contributed by atoms with Crippen LogP contribution in [0, 0.1) is 24.0 Å². The minimum Gasteiger partial charge on any atom is -0.388 e. The molecule has 0 fully saturated rings. The Bertz CT molecular complexity index is 683. The standard InChI is InChI=1S/C17H19F2NO/c1-10-7-11-14(8-17(2,3)9-15(11)21)20(10)16-12(18)5-4-6-13(16)19/h4-7,15,21H,8-9H2,1-3H3. The Morgan fingerprint density at radius 2 is 1.86 bits per heavy atom. The third-order valence-corrected chi connectivity index (χ3v) is 4.23. The molecule has 0 saturated heterocycles. The molecule has 0 radical (unpaired) electrons. The molecule has 112 valence electrons. The highest BCUT2D eigenvalue weighted by molar-refractivity contribution is 5.45. The lowest BCUT2D eigenvalue weighted by Crippen LogP contribution is -2.27. The monoisotopic (exact) mass is 291 g/mol. The molecule has 1 unspecified atom stereocenters. The zero-order chi connectivity index (χ0) is 15.4. The molecule has 3 rings (SSSR count). The van der Waals surface area contributed by atoms with Gasteiger partial charge >= 0.3 is 0 Å². The summed E-state index contributed by atoms with van der Waals surface area (Å²) in [7, 11) is 0. The van der Waals surface area contributed by atoms with Crippen molar-refractivity contribution in [3.8, 4) is 5.69 Å². The van der Waals surface area contributed by atoms with E-state index in [0.29, 0.717) is 12.8 Å². The molecule has 1 aromatic carbocycles. The summed E-state index contributed by atoms with van der Waals surface area (Å²) in [5, 5.41) is 10.3. The average molecular weight is 291 g/mol. The van der Waals surface area contributed by atoms with Gasteiger partial charge in [-0.25, -0.2) is 8.78 Å². The van der Waals surface area contributed by atoms with Crippen molar-refractivity contribution in [2.75, 3.05) is 0 Å². The van der Waals surface area contributed by atoms with Gasteiger partial charge in [0.15, 0.2) is 0 Å². The summed E-state index contributed by atoms with van der Waals surface area (Å²) < 4.78 is 29.9. The summed E-state index contributed by atoms with van der Waals surface area (Å²) in [6.45, 7) is 5.93. The molecule has 0 saturated carbocycles. The lowest BCUT2D eigenvalue weighted by atomic mass is 9.75. The Kier molecular flexibility index (Phi) is 3.17. The minimum atomic E-state index is -0.589. The van der Waals surface area contributed by atoms with Gasteiger partial charge < -0.3 is 9.67 Å². The first-order chi connectivity index (χ1) is 9.80. The molecule has 2 aromatic rings. The van der Waals surface area contributed by atoms with Gasteiger partial charge in [0.25, 0.3) is 0 Å². The lowest BCUT2D eigenvalue weighted by molar-refractivity contribution is 0.0986. The molecule has 0 spiro atoms. The molecule has 1 heterocycles. The molecule has 0 aliphatic heterocycles. The van der Waals surface area contributed by atoms with Crippen LogP contribution in [0.2, 0.25) is 0 Å². The van der Waals surface area contributed by atoms with E-state index in [1.807, 2.05) is 13.0 Å². The molecule has 2 nitrogen and oxygen atoms in total. The van der Waals surface area contributed by atoms with E-state index in [2.05, 4.69) is 13.8 Å². The van der Waals surface area contributed by atoms with E-state index in [1.54, 1.807) is 4.57 Å². The van der Waals surface area contributed by atoms with Gasteiger partial charge in [0, 0.05) is 17.0 Å². The first-order valence-electron chi connectivity index (χ1n) is 7.14. The molecule has 0 amide bonds. The minimum absolute atomic E-state index is 0.0545. The van der Waals surface area contributed by atoms with Gasteiger partial charge in [0.05, 0.1) is 6.10 Å². The Hall–Kier alpha value is -1.68. The molecular weight excluding hydrogens is 272 g/mol. The summed E-state index contributed by atoms with van der Waals surface area (Å²) in [6.07, 6.45) is 0.753. The highest BCUT2D eigenvalue weighted by atomic mass is 19.1. The van der Waals surface area contributed by atoms with E-state index in [9.17, 15) is 13.9 Å². The zero-order valence-electron chi connectivity index (χ0n) is 12.5. The van der Waals surface area contributed by atoms with Gasteiger partial charge in [-0.05, 0) is 43.4 Å². The van der Waals surface area contributed by atoms with Crippen LogP contribution in [0.3, 0.4) is 0 Å². The third-order valence-electron chi connectivity index (χ3n) is 4.23. The fourth-order valence-electron chi connectivity index (χ4n) is 3.36. The lowest BCUT2D eigenvalue weighted by Gasteiger charge is -2.34. The molecule has 1 N–H and O–H groups in total. The smallest absolute Gasteiger partial charge is 0.150 e. The van der Waals surface area contributed by atoms with Crippen molar-refractivity contribution < 1.29 is 13.9 Å². The van der Waals surface area contributed by atoms with Crippen LogP contribution < -0.4 is 0 Å². The number of para-hydroxylation sites is 1. The SMILES string of the molecule is Cc1cc2c(n1-c1c(F)cccc1F)CC(C)(C)CC2O. The van der Waals surface area contributed by atoms with Gasteiger partial charge in [-0.1, -0.05) is 19.9 Å². The number of aryl methyl sites for hydroxylation is 1. The van der Waals surface area contributed by atoms with Crippen molar-refractivity contribution >= 4 is 0 Å². The number of aliphatic hydroxyl groups excluding tert-OH is 1. The van der Waals surface area contributed by atoms with Gasteiger partial charge in [0.1, 0.15) is 17.3 Å². The van der Waals surface area contributed by atoms with Crippen LogP contribution in [0.4, 0.5) is 8.78 Å².